The lowest BCUT2D eigenvalue weighted by molar-refractivity contribution is -0.302. The van der Waals surface area contributed by atoms with E-state index in [-0.39, 0.29) is 12.5 Å². The van der Waals surface area contributed by atoms with E-state index in [9.17, 15) is 30.3 Å². The monoisotopic (exact) mass is 920 g/mol. The van der Waals surface area contributed by atoms with Crippen molar-refractivity contribution in [2.24, 2.45) is 0 Å². The molecule has 1 heterocycles. The fourth-order valence-electron chi connectivity index (χ4n) is 7.20. The van der Waals surface area contributed by atoms with Gasteiger partial charge in [0, 0.05) is 6.42 Å². The Morgan fingerprint density at radius 2 is 0.939 bits per heavy atom. The third kappa shape index (κ3) is 34.8. The molecule has 7 unspecified atom stereocenters. The van der Waals surface area contributed by atoms with Gasteiger partial charge in [-0.25, -0.2) is 0 Å². The summed E-state index contributed by atoms with van der Waals surface area (Å²) in [4.78, 5) is 13.0. The smallest absolute Gasteiger partial charge is 0.220 e. The molecule has 7 atom stereocenters. The molecule has 0 radical (unpaired) electrons. The molecule has 1 aliphatic rings. The summed E-state index contributed by atoms with van der Waals surface area (Å²) in [5.41, 5.74) is 0. The van der Waals surface area contributed by atoms with Gasteiger partial charge in [0.2, 0.25) is 5.91 Å². The van der Waals surface area contributed by atoms with Crippen LogP contribution in [0.4, 0.5) is 0 Å². The van der Waals surface area contributed by atoms with E-state index in [1.807, 2.05) is 6.08 Å². The molecule has 0 aromatic carbocycles. The zero-order valence-corrected chi connectivity index (χ0v) is 41.1. The molecule has 374 valence electrons. The highest BCUT2D eigenvalue weighted by atomic mass is 16.7. The number of aliphatic hydroxyl groups excluding tert-OH is 5. The molecule has 0 aromatic heterocycles. The largest absolute Gasteiger partial charge is 0.394 e. The van der Waals surface area contributed by atoms with Gasteiger partial charge < -0.3 is 40.3 Å². The van der Waals surface area contributed by atoms with Crippen LogP contribution in [0.15, 0.2) is 122 Å². The first kappa shape index (κ1) is 60.6. The standard InChI is InChI=1S/C57H93NO8/c1-3-5-7-9-11-13-15-17-18-19-20-21-22-23-24-25-26-27-28-29-30-31-32-33-34-35-37-39-41-43-45-47-53(61)58-50(49-65-57-56(64)55(63)54(62)52(48-59)66-57)51(60)46-44-42-40-38-36-16-14-12-10-8-6-4-2/h5,7,11,13,17-18,20-21,23-24,26-27,29-30,32-33,35,37,44,46,50-52,54-57,59-60,62-64H,3-4,6,8-10,12,14-16,19,22,25,28,31,34,36,38-43,45,47-49H2,1-2H3,(H,58,61)/b7-5-,13-11-,18-17-,21-20-,24-23-,27-26-,30-29-,33-32-,37-35-,46-44+. The highest BCUT2D eigenvalue weighted by Gasteiger charge is 2.44. The first-order valence-corrected chi connectivity index (χ1v) is 25.8. The zero-order chi connectivity index (χ0) is 48.0. The first-order chi connectivity index (χ1) is 32.3. The maximum atomic E-state index is 13.0. The number of carbonyl (C=O) groups is 1. The molecule has 1 aliphatic heterocycles. The Balaban J connectivity index is 2.29. The van der Waals surface area contributed by atoms with Crippen molar-refractivity contribution in [3.63, 3.8) is 0 Å². The lowest BCUT2D eigenvalue weighted by atomic mass is 9.99. The van der Waals surface area contributed by atoms with Gasteiger partial charge in [0.15, 0.2) is 6.29 Å². The Morgan fingerprint density at radius 3 is 1.39 bits per heavy atom. The van der Waals surface area contributed by atoms with Crippen LogP contribution in [-0.2, 0) is 14.3 Å². The molecule has 9 nitrogen and oxygen atoms in total. The minimum absolute atomic E-state index is 0.210. The van der Waals surface area contributed by atoms with Crippen molar-refractivity contribution in [2.45, 2.75) is 217 Å². The van der Waals surface area contributed by atoms with Gasteiger partial charge in [0.25, 0.3) is 0 Å². The quantitative estimate of drug-likeness (QED) is 0.0262. The van der Waals surface area contributed by atoms with Crippen LogP contribution >= 0.6 is 0 Å². The fourth-order valence-corrected chi connectivity index (χ4v) is 7.20. The number of amides is 1. The van der Waals surface area contributed by atoms with Gasteiger partial charge in [-0.2, -0.15) is 0 Å². The number of ether oxygens (including phenoxy) is 2. The van der Waals surface area contributed by atoms with Gasteiger partial charge in [-0.3, -0.25) is 4.79 Å². The normalized spacial score (nSPS) is 20.9. The van der Waals surface area contributed by atoms with Crippen molar-refractivity contribution >= 4 is 5.91 Å². The summed E-state index contributed by atoms with van der Waals surface area (Å²) in [5, 5.41) is 54.2. The summed E-state index contributed by atoms with van der Waals surface area (Å²) < 4.78 is 11.2. The Kier molecular flexibility index (Phi) is 41.7. The van der Waals surface area contributed by atoms with Crippen molar-refractivity contribution < 1.29 is 39.8 Å². The minimum atomic E-state index is -1.58. The summed E-state index contributed by atoms with van der Waals surface area (Å²) in [6.07, 6.45) is 61.1. The Bertz CT molecular complexity index is 1440. The summed E-state index contributed by atoms with van der Waals surface area (Å²) in [6.45, 7) is 3.61. The molecule has 1 saturated heterocycles. The number of rotatable bonds is 41. The van der Waals surface area contributed by atoms with Crippen LogP contribution in [0.5, 0.6) is 0 Å². The first-order valence-electron chi connectivity index (χ1n) is 25.8. The van der Waals surface area contributed by atoms with Crippen LogP contribution in [0.1, 0.15) is 174 Å². The zero-order valence-electron chi connectivity index (χ0n) is 41.1. The molecule has 0 aliphatic carbocycles. The average molecular weight is 920 g/mol. The molecule has 9 heteroatoms. The van der Waals surface area contributed by atoms with E-state index in [4.69, 9.17) is 9.47 Å². The third-order valence-corrected chi connectivity index (χ3v) is 11.3. The Morgan fingerprint density at radius 1 is 0.530 bits per heavy atom. The second-order valence-corrected chi connectivity index (χ2v) is 17.2. The van der Waals surface area contributed by atoms with E-state index < -0.39 is 49.5 Å². The van der Waals surface area contributed by atoms with Gasteiger partial charge in [-0.05, 0) is 89.9 Å². The summed E-state index contributed by atoms with van der Waals surface area (Å²) in [7, 11) is 0. The number of aliphatic hydroxyl groups is 5. The van der Waals surface area contributed by atoms with Crippen LogP contribution in [0.2, 0.25) is 0 Å². The molecule has 0 bridgehead atoms. The summed E-state index contributed by atoms with van der Waals surface area (Å²) in [5.74, 6) is -0.216. The maximum absolute atomic E-state index is 13.0. The lowest BCUT2D eigenvalue weighted by Crippen LogP contribution is -2.60. The molecular weight excluding hydrogens is 827 g/mol. The third-order valence-electron chi connectivity index (χ3n) is 11.3. The topological polar surface area (TPSA) is 149 Å². The van der Waals surface area contributed by atoms with Crippen LogP contribution in [0.3, 0.4) is 0 Å². The number of allylic oxidation sites excluding steroid dienone is 19. The minimum Gasteiger partial charge on any atom is -0.394 e. The van der Waals surface area contributed by atoms with Crippen LogP contribution in [0, 0.1) is 0 Å². The molecule has 0 spiro atoms. The van der Waals surface area contributed by atoms with E-state index in [0.717, 1.165) is 96.3 Å². The SMILES string of the molecule is CC/C=C\C/C=C\C/C=C\C/C=C\C/C=C\C/C=C\C/C=C\C/C=C\C/C=C\CCCCCC(=O)NC(COC1OC(CO)C(O)C(O)C1O)C(O)/C=C/CCCCCCCCCCCC. The number of hydrogen-bond acceptors (Lipinski definition) is 8. The highest BCUT2D eigenvalue weighted by molar-refractivity contribution is 5.76. The number of hydrogen-bond donors (Lipinski definition) is 6. The van der Waals surface area contributed by atoms with Gasteiger partial charge in [0.1, 0.15) is 24.4 Å². The van der Waals surface area contributed by atoms with E-state index in [2.05, 4.69) is 129 Å². The van der Waals surface area contributed by atoms with Crippen molar-refractivity contribution in [3.05, 3.63) is 122 Å². The predicted octanol–water partition coefficient (Wildman–Crippen LogP) is 12.0. The van der Waals surface area contributed by atoms with Crippen molar-refractivity contribution in [2.75, 3.05) is 13.2 Å². The van der Waals surface area contributed by atoms with Crippen molar-refractivity contribution in [3.8, 4) is 0 Å². The molecule has 6 N–H and O–H groups in total. The lowest BCUT2D eigenvalue weighted by Gasteiger charge is -2.40. The Labute approximate surface area is 401 Å². The average Bonchev–Trinajstić information content (AvgIpc) is 3.32. The van der Waals surface area contributed by atoms with Gasteiger partial charge >= 0.3 is 0 Å². The summed E-state index contributed by atoms with van der Waals surface area (Å²) in [6, 6.07) is -0.831. The van der Waals surface area contributed by atoms with E-state index in [0.29, 0.717) is 12.8 Å². The Hall–Kier alpha value is -3.41. The number of nitrogens with one attached hydrogen (secondary N) is 1. The fraction of sp³-hybridized carbons (Fsp3) is 0.632. The maximum Gasteiger partial charge on any atom is 0.220 e. The number of unbranched alkanes of at least 4 members (excludes halogenated alkanes) is 13. The molecule has 66 heavy (non-hydrogen) atoms. The highest BCUT2D eigenvalue weighted by Crippen LogP contribution is 2.22. The molecule has 1 rings (SSSR count). The molecule has 0 saturated carbocycles. The van der Waals surface area contributed by atoms with Gasteiger partial charge in [-0.15, -0.1) is 0 Å². The van der Waals surface area contributed by atoms with Crippen LogP contribution in [0.25, 0.3) is 0 Å². The van der Waals surface area contributed by atoms with Crippen molar-refractivity contribution in [1.29, 1.82) is 0 Å². The van der Waals surface area contributed by atoms with Crippen molar-refractivity contribution in [1.82, 2.24) is 5.32 Å². The van der Waals surface area contributed by atoms with Gasteiger partial charge in [0.05, 0.1) is 25.4 Å². The molecule has 0 aromatic rings. The number of carbonyl (C=O) groups excluding carboxylic acids is 1. The summed E-state index contributed by atoms with van der Waals surface area (Å²) >= 11 is 0. The second kappa shape index (κ2) is 45.4. The molecule has 1 fully saturated rings. The van der Waals surface area contributed by atoms with E-state index in [1.165, 1.54) is 51.4 Å². The van der Waals surface area contributed by atoms with Gasteiger partial charge in [-0.1, -0.05) is 200 Å². The van der Waals surface area contributed by atoms with E-state index in [1.54, 1.807) is 6.08 Å². The predicted molar refractivity (Wildman–Crippen MR) is 276 cm³/mol. The van der Waals surface area contributed by atoms with E-state index >= 15 is 0 Å². The molecule has 1 amide bonds. The van der Waals surface area contributed by atoms with Crippen LogP contribution < -0.4 is 5.32 Å². The van der Waals surface area contributed by atoms with Crippen LogP contribution in [-0.4, -0.2) is 87.5 Å². The second-order valence-electron chi connectivity index (χ2n) is 17.2. The molecular formula is C57H93NO8.